The van der Waals surface area contributed by atoms with E-state index in [0.717, 1.165) is 5.17 Å². The summed E-state index contributed by atoms with van der Waals surface area (Å²) in [5.41, 5.74) is 0. The summed E-state index contributed by atoms with van der Waals surface area (Å²) in [5, 5.41) is 4.61. The highest BCUT2D eigenvalue weighted by Gasteiger charge is 2.15. The number of amidine groups is 1. The van der Waals surface area contributed by atoms with Crippen molar-refractivity contribution >= 4 is 28.3 Å². The van der Waals surface area contributed by atoms with E-state index in [1.807, 2.05) is 23.1 Å². The lowest BCUT2D eigenvalue weighted by atomic mass is 10.2. The second-order valence-electron chi connectivity index (χ2n) is 4.23. The molecule has 0 amide bonds. The Labute approximate surface area is 106 Å². The van der Waals surface area contributed by atoms with E-state index in [2.05, 4.69) is 43.2 Å². The zero-order valence-corrected chi connectivity index (χ0v) is 11.6. The smallest absolute Gasteiger partial charge is 0.157 e. The van der Waals surface area contributed by atoms with Crippen molar-refractivity contribution in [3.8, 4) is 0 Å². The molecule has 4 heteroatoms. The van der Waals surface area contributed by atoms with Gasteiger partial charge in [-0.05, 0) is 39.3 Å². The van der Waals surface area contributed by atoms with E-state index in [-0.39, 0.29) is 0 Å². The number of aryl methyl sites for hydroxylation is 1. The third-order valence-corrected chi connectivity index (χ3v) is 4.76. The highest BCUT2D eigenvalue weighted by molar-refractivity contribution is 8.13. The normalized spacial score (nSPS) is 22.7. The summed E-state index contributed by atoms with van der Waals surface area (Å²) in [7, 11) is 0. The van der Waals surface area contributed by atoms with Crippen LogP contribution in [-0.4, -0.2) is 17.0 Å². The lowest BCUT2D eigenvalue weighted by Crippen LogP contribution is -2.27. The number of hydrogen-bond donors (Lipinski definition) is 1. The first-order chi connectivity index (χ1) is 7.65. The van der Waals surface area contributed by atoms with E-state index in [0.29, 0.717) is 12.1 Å². The van der Waals surface area contributed by atoms with Crippen molar-refractivity contribution < 1.29 is 0 Å². The Morgan fingerprint density at radius 1 is 1.50 bits per heavy atom. The van der Waals surface area contributed by atoms with Gasteiger partial charge in [-0.15, -0.1) is 11.3 Å². The Morgan fingerprint density at radius 2 is 2.31 bits per heavy atom. The van der Waals surface area contributed by atoms with Gasteiger partial charge in [-0.1, -0.05) is 11.8 Å². The van der Waals surface area contributed by atoms with Gasteiger partial charge in [0.05, 0.1) is 12.1 Å². The Morgan fingerprint density at radius 3 is 2.94 bits per heavy atom. The van der Waals surface area contributed by atoms with Crippen LogP contribution in [0.5, 0.6) is 0 Å². The first-order valence-corrected chi connectivity index (χ1v) is 7.49. The minimum absolute atomic E-state index is 0.371. The first-order valence-electron chi connectivity index (χ1n) is 5.68. The van der Waals surface area contributed by atoms with E-state index in [4.69, 9.17) is 0 Å². The van der Waals surface area contributed by atoms with Crippen LogP contribution in [0.3, 0.4) is 0 Å². The molecular formula is C12H18N2S2. The van der Waals surface area contributed by atoms with E-state index >= 15 is 0 Å². The molecule has 2 nitrogen and oxygen atoms in total. The lowest BCUT2D eigenvalue weighted by Gasteiger charge is -2.20. The fraction of sp³-hybridized carbons (Fsp3) is 0.583. The van der Waals surface area contributed by atoms with E-state index in [9.17, 15) is 0 Å². The van der Waals surface area contributed by atoms with Crippen LogP contribution in [-0.2, 0) is 0 Å². The molecule has 2 rings (SSSR count). The maximum Gasteiger partial charge on any atom is 0.157 e. The molecule has 2 heterocycles. The lowest BCUT2D eigenvalue weighted by molar-refractivity contribution is 0.688. The van der Waals surface area contributed by atoms with Crippen molar-refractivity contribution in [2.24, 2.45) is 4.99 Å². The summed E-state index contributed by atoms with van der Waals surface area (Å²) in [6, 6.07) is 5.22. The molecule has 0 saturated heterocycles. The molecule has 2 atom stereocenters. The number of nitrogens with zero attached hydrogens (tertiary/aromatic N) is 1. The van der Waals surface area contributed by atoms with E-state index in [1.54, 1.807) is 0 Å². The molecule has 1 aromatic heterocycles. The fourth-order valence-electron chi connectivity index (χ4n) is 1.65. The second kappa shape index (κ2) is 5.23. The molecule has 16 heavy (non-hydrogen) atoms. The van der Waals surface area contributed by atoms with Gasteiger partial charge < -0.3 is 5.32 Å². The van der Waals surface area contributed by atoms with Crippen LogP contribution in [0.1, 0.15) is 36.1 Å². The van der Waals surface area contributed by atoms with Crippen LogP contribution in [0.2, 0.25) is 0 Å². The molecule has 0 fully saturated rings. The predicted molar refractivity (Wildman–Crippen MR) is 74.6 cm³/mol. The van der Waals surface area contributed by atoms with Crippen molar-refractivity contribution in [1.82, 2.24) is 5.32 Å². The number of thioether (sulfide) groups is 1. The highest BCUT2D eigenvalue weighted by Crippen LogP contribution is 2.24. The Kier molecular flexibility index (Phi) is 3.92. The van der Waals surface area contributed by atoms with E-state index < -0.39 is 0 Å². The largest absolute Gasteiger partial charge is 0.358 e. The molecule has 0 aliphatic carbocycles. The van der Waals surface area contributed by atoms with Crippen molar-refractivity contribution in [2.45, 2.75) is 39.3 Å². The van der Waals surface area contributed by atoms with Crippen LogP contribution in [0.25, 0.3) is 0 Å². The summed E-state index contributed by atoms with van der Waals surface area (Å²) in [5.74, 6) is 1.18. The fourth-order valence-corrected chi connectivity index (χ4v) is 3.70. The van der Waals surface area contributed by atoms with Crippen LogP contribution in [0.15, 0.2) is 17.1 Å². The number of nitrogens with one attached hydrogen (secondary N) is 1. The summed E-state index contributed by atoms with van der Waals surface area (Å²) >= 11 is 3.70. The van der Waals surface area contributed by atoms with Gasteiger partial charge >= 0.3 is 0 Å². The topological polar surface area (TPSA) is 24.4 Å². The second-order valence-corrected chi connectivity index (χ2v) is 6.64. The molecule has 1 N–H and O–H groups in total. The molecule has 0 aromatic carbocycles. The average molecular weight is 254 g/mol. The van der Waals surface area contributed by atoms with Crippen molar-refractivity contribution in [3.05, 3.63) is 21.9 Å². The van der Waals surface area contributed by atoms with Crippen molar-refractivity contribution in [1.29, 1.82) is 0 Å². The standard InChI is InChI=1S/C12H18N2S2/c1-8-6-7-15-12(13-8)14-10(3)11-5-4-9(2)16-11/h4-5,8,10H,6-7H2,1-3H3,(H,13,14). The summed E-state index contributed by atoms with van der Waals surface area (Å²) in [4.78, 5) is 7.39. The highest BCUT2D eigenvalue weighted by atomic mass is 32.2. The molecule has 1 aliphatic rings. The summed E-state index contributed by atoms with van der Waals surface area (Å²) in [6.45, 7) is 6.53. The molecule has 0 spiro atoms. The molecule has 2 unspecified atom stereocenters. The monoisotopic (exact) mass is 254 g/mol. The molecule has 1 aliphatic heterocycles. The van der Waals surface area contributed by atoms with Gasteiger partial charge in [-0.25, -0.2) is 0 Å². The van der Waals surface area contributed by atoms with Crippen LogP contribution in [0.4, 0.5) is 0 Å². The summed E-state index contributed by atoms with van der Waals surface area (Å²) < 4.78 is 0. The molecule has 0 radical (unpaired) electrons. The van der Waals surface area contributed by atoms with Gasteiger partial charge in [-0.3, -0.25) is 4.99 Å². The quantitative estimate of drug-likeness (QED) is 0.872. The summed E-state index contributed by atoms with van der Waals surface area (Å²) in [6.07, 6.45) is 1.20. The van der Waals surface area contributed by atoms with Gasteiger partial charge in [0.25, 0.3) is 0 Å². The molecule has 1 aromatic rings. The van der Waals surface area contributed by atoms with Gasteiger partial charge in [0.1, 0.15) is 0 Å². The molecule has 88 valence electrons. The van der Waals surface area contributed by atoms with Gasteiger partial charge in [0, 0.05) is 15.5 Å². The maximum atomic E-state index is 4.63. The number of rotatable bonds is 2. The molecule has 0 bridgehead atoms. The number of thiophene rings is 1. The van der Waals surface area contributed by atoms with Gasteiger partial charge in [0.15, 0.2) is 5.17 Å². The predicted octanol–water partition coefficient (Wildman–Crippen LogP) is 3.59. The SMILES string of the molecule is Cc1ccc(C(C)NC2=NC(C)CCS2)s1. The van der Waals surface area contributed by atoms with Crippen molar-refractivity contribution in [2.75, 3.05) is 5.75 Å². The van der Waals surface area contributed by atoms with Crippen LogP contribution < -0.4 is 5.32 Å². The maximum absolute atomic E-state index is 4.63. The van der Waals surface area contributed by atoms with Crippen molar-refractivity contribution in [3.63, 3.8) is 0 Å². The van der Waals surface area contributed by atoms with Gasteiger partial charge in [0.2, 0.25) is 0 Å². The minimum atomic E-state index is 0.371. The Bertz CT molecular complexity index is 384. The Hall–Kier alpha value is -0.480. The van der Waals surface area contributed by atoms with Crippen LogP contribution >= 0.6 is 23.1 Å². The molecular weight excluding hydrogens is 236 g/mol. The number of hydrogen-bond acceptors (Lipinski definition) is 4. The minimum Gasteiger partial charge on any atom is -0.358 e. The molecule has 0 saturated carbocycles. The zero-order valence-electron chi connectivity index (χ0n) is 9.99. The third-order valence-electron chi connectivity index (χ3n) is 2.64. The van der Waals surface area contributed by atoms with Gasteiger partial charge in [-0.2, -0.15) is 0 Å². The van der Waals surface area contributed by atoms with Crippen LogP contribution in [0, 0.1) is 6.92 Å². The van der Waals surface area contributed by atoms with E-state index in [1.165, 1.54) is 21.9 Å². The number of aliphatic imine (C=N–C) groups is 1. The third kappa shape index (κ3) is 3.01. The Balaban J connectivity index is 1.99. The first kappa shape index (κ1) is 12.0. The zero-order chi connectivity index (χ0) is 11.5. The average Bonchev–Trinajstić information content (AvgIpc) is 2.65.